The first-order valence-electron chi connectivity index (χ1n) is 10.1. The van der Waals surface area contributed by atoms with Crippen LogP contribution in [-0.2, 0) is 9.59 Å². The molecule has 3 aromatic carbocycles. The van der Waals surface area contributed by atoms with Gasteiger partial charge in [-0.25, -0.2) is 4.79 Å². The van der Waals surface area contributed by atoms with E-state index in [9.17, 15) is 14.4 Å². The van der Waals surface area contributed by atoms with Crippen molar-refractivity contribution in [3.05, 3.63) is 71.8 Å². The second-order valence-electron chi connectivity index (χ2n) is 7.91. The molecule has 4 amide bonds. The quantitative estimate of drug-likeness (QED) is 0.297. The number of likely N-dealkylation sites (N-methyl/N-ethyl adjacent to an activating group) is 2. The number of amides is 4. The largest absolute Gasteiger partial charge is 0.453 e. The van der Waals surface area contributed by atoms with Gasteiger partial charge in [-0.1, -0.05) is 30.3 Å². The SMILES string of the molecule is CN1C(=O)C(=Cc2cc3c4c(c2)c2ccccc2n4-c2ccccc2O3)C(=O)N(C)C1=O. The van der Waals surface area contributed by atoms with Crippen LogP contribution in [0.2, 0.25) is 0 Å². The van der Waals surface area contributed by atoms with Gasteiger partial charge in [0.2, 0.25) is 0 Å². The van der Waals surface area contributed by atoms with Crippen molar-refractivity contribution in [2.24, 2.45) is 0 Å². The normalized spacial score (nSPS) is 15.4. The molecule has 1 fully saturated rings. The van der Waals surface area contributed by atoms with Crippen LogP contribution in [0.5, 0.6) is 11.5 Å². The highest BCUT2D eigenvalue weighted by atomic mass is 16.5. The van der Waals surface area contributed by atoms with Gasteiger partial charge < -0.3 is 9.30 Å². The lowest BCUT2D eigenvalue weighted by Crippen LogP contribution is -2.52. The smallest absolute Gasteiger partial charge is 0.333 e. The van der Waals surface area contributed by atoms with Gasteiger partial charge in [-0.2, -0.15) is 0 Å². The van der Waals surface area contributed by atoms with E-state index in [1.54, 1.807) is 0 Å². The van der Waals surface area contributed by atoms with Crippen LogP contribution in [0.15, 0.2) is 66.2 Å². The molecule has 0 bridgehead atoms. The number of aromatic nitrogens is 1. The van der Waals surface area contributed by atoms with Gasteiger partial charge in [0.1, 0.15) is 5.57 Å². The Labute approximate surface area is 182 Å². The molecule has 156 valence electrons. The van der Waals surface area contributed by atoms with Crippen LogP contribution >= 0.6 is 0 Å². The van der Waals surface area contributed by atoms with Gasteiger partial charge in [0.25, 0.3) is 11.8 Å². The Balaban J connectivity index is 1.63. The zero-order chi connectivity index (χ0) is 22.1. The van der Waals surface area contributed by atoms with Gasteiger partial charge >= 0.3 is 6.03 Å². The highest BCUT2D eigenvalue weighted by Crippen LogP contribution is 2.45. The number of benzene rings is 3. The Morgan fingerprint density at radius 1 is 0.781 bits per heavy atom. The summed E-state index contributed by atoms with van der Waals surface area (Å²) in [5.74, 6) is 0.112. The van der Waals surface area contributed by atoms with Crippen molar-refractivity contribution >= 4 is 45.7 Å². The van der Waals surface area contributed by atoms with E-state index in [2.05, 4.69) is 10.6 Å². The Morgan fingerprint density at radius 3 is 2.25 bits per heavy atom. The molecule has 0 spiro atoms. The van der Waals surface area contributed by atoms with E-state index in [1.165, 1.54) is 20.2 Å². The topological polar surface area (TPSA) is 71.8 Å². The number of rotatable bonds is 1. The van der Waals surface area contributed by atoms with Crippen molar-refractivity contribution in [3.63, 3.8) is 0 Å². The van der Waals surface area contributed by atoms with Crippen molar-refractivity contribution < 1.29 is 19.1 Å². The van der Waals surface area contributed by atoms with Crippen LogP contribution < -0.4 is 4.74 Å². The van der Waals surface area contributed by atoms with Crippen molar-refractivity contribution in [1.29, 1.82) is 0 Å². The van der Waals surface area contributed by atoms with Gasteiger partial charge in [-0.05, 0) is 42.0 Å². The third-order valence-electron chi connectivity index (χ3n) is 6.04. The molecule has 1 saturated heterocycles. The van der Waals surface area contributed by atoms with Crippen LogP contribution in [0.3, 0.4) is 0 Å². The maximum Gasteiger partial charge on any atom is 0.333 e. The average Bonchev–Trinajstić information content (AvgIpc) is 3.15. The van der Waals surface area contributed by atoms with E-state index in [1.807, 2.05) is 54.6 Å². The number of imide groups is 2. The highest BCUT2D eigenvalue weighted by molar-refractivity contribution is 6.30. The molecule has 3 heterocycles. The second kappa shape index (κ2) is 6.31. The summed E-state index contributed by atoms with van der Waals surface area (Å²) in [6.07, 6.45) is 1.52. The van der Waals surface area contributed by atoms with Gasteiger partial charge in [-0.15, -0.1) is 0 Å². The number of carbonyl (C=O) groups is 3. The summed E-state index contributed by atoms with van der Waals surface area (Å²) in [5, 5.41) is 1.99. The Bertz CT molecular complexity index is 1520. The Kier molecular flexibility index (Phi) is 3.62. The minimum atomic E-state index is -0.647. The van der Waals surface area contributed by atoms with E-state index < -0.39 is 17.8 Å². The predicted octanol–water partition coefficient (Wildman–Crippen LogP) is 4.32. The van der Waals surface area contributed by atoms with Crippen LogP contribution in [0.25, 0.3) is 33.6 Å². The fourth-order valence-corrected chi connectivity index (χ4v) is 4.48. The summed E-state index contributed by atoms with van der Waals surface area (Å²) >= 11 is 0. The fraction of sp³-hybridized carbons (Fsp3) is 0.0800. The molecular formula is C25H17N3O4. The van der Waals surface area contributed by atoms with E-state index in [4.69, 9.17) is 4.74 Å². The molecule has 0 unspecified atom stereocenters. The molecule has 0 atom stereocenters. The first-order chi connectivity index (χ1) is 15.5. The average molecular weight is 423 g/mol. The fourth-order valence-electron chi connectivity index (χ4n) is 4.48. The van der Waals surface area contributed by atoms with Gasteiger partial charge in [0.15, 0.2) is 11.5 Å². The first-order valence-corrected chi connectivity index (χ1v) is 10.1. The number of barbiturate groups is 1. The lowest BCUT2D eigenvalue weighted by Gasteiger charge is -2.29. The number of hydrogen-bond donors (Lipinski definition) is 0. The van der Waals surface area contributed by atoms with E-state index in [0.29, 0.717) is 11.3 Å². The van der Waals surface area contributed by atoms with Crippen LogP contribution in [-0.4, -0.2) is 46.3 Å². The molecule has 0 saturated carbocycles. The number of para-hydroxylation sites is 3. The van der Waals surface area contributed by atoms with Gasteiger partial charge in [-0.3, -0.25) is 19.4 Å². The maximum absolute atomic E-state index is 12.7. The third-order valence-corrected chi connectivity index (χ3v) is 6.04. The molecule has 0 N–H and O–H groups in total. The maximum atomic E-state index is 12.7. The summed E-state index contributed by atoms with van der Waals surface area (Å²) < 4.78 is 8.40. The zero-order valence-corrected chi connectivity index (χ0v) is 17.3. The summed E-state index contributed by atoms with van der Waals surface area (Å²) in [7, 11) is 2.73. The van der Waals surface area contributed by atoms with Crippen LogP contribution in [0.4, 0.5) is 4.79 Å². The molecule has 32 heavy (non-hydrogen) atoms. The molecule has 0 aliphatic carbocycles. The van der Waals surface area contributed by atoms with Gasteiger partial charge in [0, 0.05) is 24.9 Å². The lowest BCUT2D eigenvalue weighted by atomic mass is 10.0. The molecule has 2 aliphatic heterocycles. The van der Waals surface area contributed by atoms with Crippen molar-refractivity contribution in [2.75, 3.05) is 14.1 Å². The first kappa shape index (κ1) is 18.4. The number of urea groups is 1. The molecular weight excluding hydrogens is 406 g/mol. The van der Waals surface area contributed by atoms with Gasteiger partial charge in [0.05, 0.1) is 16.7 Å². The molecule has 7 nitrogen and oxygen atoms in total. The van der Waals surface area contributed by atoms with Crippen LogP contribution in [0, 0.1) is 0 Å². The van der Waals surface area contributed by atoms with E-state index >= 15 is 0 Å². The van der Waals surface area contributed by atoms with Crippen molar-refractivity contribution in [1.82, 2.24) is 14.4 Å². The highest BCUT2D eigenvalue weighted by Gasteiger charge is 2.38. The Hall–Kier alpha value is -4.39. The molecule has 2 aliphatic rings. The minimum absolute atomic E-state index is 0.0684. The van der Waals surface area contributed by atoms with Crippen molar-refractivity contribution in [2.45, 2.75) is 0 Å². The third kappa shape index (κ3) is 2.33. The monoisotopic (exact) mass is 423 g/mol. The number of fused-ring (bicyclic) bond motifs is 5. The predicted molar refractivity (Wildman–Crippen MR) is 120 cm³/mol. The molecule has 0 radical (unpaired) electrons. The van der Waals surface area contributed by atoms with E-state index in [0.717, 1.165) is 43.0 Å². The summed E-state index contributed by atoms with van der Waals surface area (Å²) in [6, 6.07) is 19.0. The number of hydrogen-bond acceptors (Lipinski definition) is 4. The summed E-state index contributed by atoms with van der Waals surface area (Å²) in [5.41, 5.74) is 3.50. The number of nitrogens with zero attached hydrogens (tertiary/aromatic N) is 3. The van der Waals surface area contributed by atoms with E-state index in [-0.39, 0.29) is 5.57 Å². The zero-order valence-electron chi connectivity index (χ0n) is 17.3. The van der Waals surface area contributed by atoms with Crippen molar-refractivity contribution in [3.8, 4) is 17.2 Å². The standard InChI is InChI=1S/C25H17N3O4/c1-26-23(29)17(24(30)27(2)25(26)31)12-14-11-16-15-7-3-4-8-18(15)28-19-9-5-6-10-20(19)32-21(13-14)22(16)28/h3-13H,1-2H3. The summed E-state index contributed by atoms with van der Waals surface area (Å²) in [6.45, 7) is 0. The molecule has 6 rings (SSSR count). The minimum Gasteiger partial charge on any atom is -0.453 e. The second-order valence-corrected chi connectivity index (χ2v) is 7.91. The Morgan fingerprint density at radius 2 is 1.47 bits per heavy atom. The number of ether oxygens (including phenoxy) is 1. The molecule has 7 heteroatoms. The summed E-state index contributed by atoms with van der Waals surface area (Å²) in [4.78, 5) is 39.2. The van der Waals surface area contributed by atoms with Crippen LogP contribution in [0.1, 0.15) is 5.56 Å². The lowest BCUT2D eigenvalue weighted by molar-refractivity contribution is -0.134. The molecule has 4 aromatic rings. The number of carbonyl (C=O) groups excluding carboxylic acids is 3. The molecule has 1 aromatic heterocycles.